The Hall–Kier alpha value is -2.34. The molecule has 0 spiro atoms. The third kappa shape index (κ3) is 2.67. The average Bonchev–Trinajstić information content (AvgIpc) is 2.40. The van der Waals surface area contributed by atoms with Crippen molar-refractivity contribution in [1.82, 2.24) is 0 Å². The molecule has 0 aliphatic rings. The van der Waals surface area contributed by atoms with Gasteiger partial charge in [0.05, 0.1) is 6.07 Å². The van der Waals surface area contributed by atoms with Crippen LogP contribution in [0.4, 0.5) is 10.1 Å². The fourth-order valence-corrected chi connectivity index (χ4v) is 1.77. The number of hydrogen-bond donors (Lipinski definition) is 1. The third-order valence-corrected chi connectivity index (χ3v) is 2.68. The van der Waals surface area contributed by atoms with E-state index in [1.165, 1.54) is 6.07 Å². The summed E-state index contributed by atoms with van der Waals surface area (Å²) in [4.78, 5) is 0. The lowest BCUT2D eigenvalue weighted by Gasteiger charge is -2.14. The summed E-state index contributed by atoms with van der Waals surface area (Å²) in [5, 5.41) is 12.2. The molecular weight excluding hydrogens is 227 g/mol. The summed E-state index contributed by atoms with van der Waals surface area (Å²) in [5.41, 5.74) is 2.10. The minimum atomic E-state index is -0.688. The average molecular weight is 240 g/mol. The lowest BCUT2D eigenvalue weighted by molar-refractivity contribution is 0.607. The van der Waals surface area contributed by atoms with Crippen molar-refractivity contribution in [1.29, 1.82) is 5.26 Å². The van der Waals surface area contributed by atoms with Gasteiger partial charge in [-0.3, -0.25) is 0 Å². The van der Waals surface area contributed by atoms with E-state index < -0.39 is 6.04 Å². The van der Waals surface area contributed by atoms with E-state index in [4.69, 9.17) is 0 Å². The van der Waals surface area contributed by atoms with Crippen molar-refractivity contribution in [2.45, 2.75) is 13.0 Å². The second-order valence-corrected chi connectivity index (χ2v) is 4.10. The lowest BCUT2D eigenvalue weighted by atomic mass is 10.0. The van der Waals surface area contributed by atoms with Crippen molar-refractivity contribution in [3.05, 3.63) is 65.5 Å². The van der Waals surface area contributed by atoms with E-state index in [1.807, 2.05) is 37.3 Å². The maximum absolute atomic E-state index is 13.7. The van der Waals surface area contributed by atoms with Crippen LogP contribution in [-0.2, 0) is 0 Å². The molecule has 2 aromatic rings. The molecule has 0 saturated heterocycles. The van der Waals surface area contributed by atoms with Gasteiger partial charge >= 0.3 is 0 Å². The monoisotopic (exact) mass is 240 g/mol. The van der Waals surface area contributed by atoms with Crippen molar-refractivity contribution in [3.8, 4) is 6.07 Å². The molecule has 0 fully saturated rings. The van der Waals surface area contributed by atoms with Crippen molar-refractivity contribution in [2.24, 2.45) is 0 Å². The summed E-state index contributed by atoms with van der Waals surface area (Å²) in [7, 11) is 0. The van der Waals surface area contributed by atoms with Crippen molar-refractivity contribution < 1.29 is 4.39 Å². The van der Waals surface area contributed by atoms with Gasteiger partial charge in [0.15, 0.2) is 0 Å². The highest BCUT2D eigenvalue weighted by atomic mass is 19.1. The van der Waals surface area contributed by atoms with Crippen LogP contribution in [0.5, 0.6) is 0 Å². The van der Waals surface area contributed by atoms with E-state index in [0.717, 1.165) is 11.3 Å². The first-order valence-electron chi connectivity index (χ1n) is 5.68. The first-order chi connectivity index (χ1) is 8.70. The van der Waals surface area contributed by atoms with Gasteiger partial charge in [0.1, 0.15) is 11.9 Å². The number of nitrogens with one attached hydrogen (secondary N) is 1. The van der Waals surface area contributed by atoms with Gasteiger partial charge in [0.25, 0.3) is 0 Å². The summed E-state index contributed by atoms with van der Waals surface area (Å²) in [5.74, 6) is -0.365. The number of anilines is 1. The van der Waals surface area contributed by atoms with E-state index in [-0.39, 0.29) is 5.82 Å². The number of para-hydroxylation sites is 1. The largest absolute Gasteiger partial charge is 0.366 e. The predicted molar refractivity (Wildman–Crippen MR) is 69.6 cm³/mol. The fraction of sp³-hybridized carbons (Fsp3) is 0.133. The van der Waals surface area contributed by atoms with Crippen molar-refractivity contribution in [2.75, 3.05) is 5.32 Å². The molecule has 0 amide bonds. The zero-order valence-electron chi connectivity index (χ0n) is 10.0. The molecular formula is C15H13FN2. The molecule has 0 radical (unpaired) electrons. The second kappa shape index (κ2) is 5.33. The Morgan fingerprint density at radius 2 is 1.89 bits per heavy atom. The highest BCUT2D eigenvalue weighted by Gasteiger charge is 2.14. The van der Waals surface area contributed by atoms with Crippen LogP contribution in [0.3, 0.4) is 0 Å². The molecule has 1 atom stereocenters. The number of halogens is 1. The van der Waals surface area contributed by atoms with E-state index in [0.29, 0.717) is 5.56 Å². The molecule has 0 aliphatic heterocycles. The number of nitrogens with zero attached hydrogens (tertiary/aromatic N) is 1. The van der Waals surface area contributed by atoms with Crippen LogP contribution in [-0.4, -0.2) is 0 Å². The van der Waals surface area contributed by atoms with Crippen molar-refractivity contribution in [3.63, 3.8) is 0 Å². The first kappa shape index (κ1) is 12.1. The second-order valence-electron chi connectivity index (χ2n) is 4.10. The van der Waals surface area contributed by atoms with Gasteiger partial charge in [-0.1, -0.05) is 35.9 Å². The Morgan fingerprint density at radius 3 is 2.56 bits per heavy atom. The topological polar surface area (TPSA) is 35.8 Å². The smallest absolute Gasteiger partial charge is 0.143 e. The van der Waals surface area contributed by atoms with Crippen LogP contribution in [0.2, 0.25) is 0 Å². The Labute approximate surface area is 106 Å². The Kier molecular flexibility index (Phi) is 3.59. The van der Waals surface area contributed by atoms with Crippen LogP contribution < -0.4 is 5.32 Å². The molecule has 0 saturated carbocycles. The standard InChI is InChI=1S/C15H13FN2/c1-11-7-8-14(16)13(9-11)15(10-17)18-12-5-3-2-4-6-12/h2-9,15,18H,1H3. The minimum absolute atomic E-state index is 0.365. The molecule has 2 aromatic carbocycles. The van der Waals surface area contributed by atoms with Gasteiger partial charge in [-0.05, 0) is 25.1 Å². The number of nitriles is 1. The molecule has 0 aromatic heterocycles. The van der Waals surface area contributed by atoms with Crippen LogP contribution in [0.1, 0.15) is 17.2 Å². The normalized spacial score (nSPS) is 11.6. The minimum Gasteiger partial charge on any atom is -0.366 e. The van der Waals surface area contributed by atoms with Gasteiger partial charge in [-0.25, -0.2) is 4.39 Å². The quantitative estimate of drug-likeness (QED) is 0.885. The highest BCUT2D eigenvalue weighted by Crippen LogP contribution is 2.22. The number of benzene rings is 2. The molecule has 0 heterocycles. The number of rotatable bonds is 3. The van der Waals surface area contributed by atoms with Gasteiger partial charge in [-0.2, -0.15) is 5.26 Å². The van der Waals surface area contributed by atoms with E-state index >= 15 is 0 Å². The van der Waals surface area contributed by atoms with Gasteiger partial charge in [0.2, 0.25) is 0 Å². The molecule has 2 nitrogen and oxygen atoms in total. The molecule has 2 rings (SSSR count). The molecule has 90 valence electrons. The number of hydrogen-bond acceptors (Lipinski definition) is 2. The van der Waals surface area contributed by atoms with Crippen LogP contribution >= 0.6 is 0 Å². The number of aryl methyl sites for hydroxylation is 1. The molecule has 3 heteroatoms. The zero-order chi connectivity index (χ0) is 13.0. The summed E-state index contributed by atoms with van der Waals surface area (Å²) in [6.45, 7) is 1.87. The SMILES string of the molecule is Cc1ccc(F)c(C(C#N)Nc2ccccc2)c1. The lowest BCUT2D eigenvalue weighted by Crippen LogP contribution is -2.10. The summed E-state index contributed by atoms with van der Waals surface area (Å²) in [6.07, 6.45) is 0. The van der Waals surface area contributed by atoms with Crippen molar-refractivity contribution >= 4 is 5.69 Å². The predicted octanol–water partition coefficient (Wildman–Crippen LogP) is 3.81. The summed E-state index contributed by atoms with van der Waals surface area (Å²) < 4.78 is 13.7. The molecule has 0 bridgehead atoms. The van der Waals surface area contributed by atoms with E-state index in [2.05, 4.69) is 11.4 Å². The summed E-state index contributed by atoms with van der Waals surface area (Å²) >= 11 is 0. The van der Waals surface area contributed by atoms with Crippen LogP contribution in [0.15, 0.2) is 48.5 Å². The maximum atomic E-state index is 13.7. The molecule has 0 aliphatic carbocycles. The zero-order valence-corrected chi connectivity index (χ0v) is 10.0. The first-order valence-corrected chi connectivity index (χ1v) is 5.68. The Bertz CT molecular complexity index is 573. The summed E-state index contributed by atoms with van der Waals surface area (Å²) in [6, 6.07) is 15.5. The third-order valence-electron chi connectivity index (χ3n) is 2.68. The maximum Gasteiger partial charge on any atom is 0.143 e. The van der Waals surface area contributed by atoms with E-state index in [1.54, 1.807) is 12.1 Å². The molecule has 18 heavy (non-hydrogen) atoms. The Morgan fingerprint density at radius 1 is 1.17 bits per heavy atom. The Balaban J connectivity index is 2.29. The molecule has 1 N–H and O–H groups in total. The van der Waals surface area contributed by atoms with Crippen LogP contribution in [0, 0.1) is 24.1 Å². The fourth-order valence-electron chi connectivity index (χ4n) is 1.77. The molecule has 1 unspecified atom stereocenters. The van der Waals surface area contributed by atoms with Gasteiger partial charge < -0.3 is 5.32 Å². The van der Waals surface area contributed by atoms with E-state index in [9.17, 15) is 9.65 Å². The van der Waals surface area contributed by atoms with Crippen LogP contribution in [0.25, 0.3) is 0 Å². The van der Waals surface area contributed by atoms with Gasteiger partial charge in [0, 0.05) is 11.3 Å². The van der Waals surface area contributed by atoms with Gasteiger partial charge in [-0.15, -0.1) is 0 Å². The highest BCUT2D eigenvalue weighted by molar-refractivity contribution is 5.47.